The van der Waals surface area contributed by atoms with Crippen LogP contribution < -0.4 is 29.6 Å². The minimum Gasteiger partial charge on any atom is -0.744 e. The smallest absolute Gasteiger partial charge is 0.744 e. The molecule has 0 saturated heterocycles. The molecule has 0 heterocycles. The Morgan fingerprint density at radius 2 is 1.68 bits per heavy atom. The van der Waals surface area contributed by atoms with Crippen molar-refractivity contribution in [1.82, 2.24) is 0 Å². The van der Waals surface area contributed by atoms with Crippen molar-refractivity contribution in [2.75, 3.05) is 0 Å². The monoisotopic (exact) mass is 286 g/mol. The molecule has 0 fully saturated rings. The van der Waals surface area contributed by atoms with Crippen molar-refractivity contribution in [3.05, 3.63) is 41.5 Å². The molecule has 0 aliphatic rings. The van der Waals surface area contributed by atoms with Crippen LogP contribution in [-0.4, -0.2) is 13.0 Å². The fourth-order valence-corrected chi connectivity index (χ4v) is 2.81. The molecule has 0 bridgehead atoms. The van der Waals surface area contributed by atoms with Crippen molar-refractivity contribution in [2.24, 2.45) is 0 Å². The van der Waals surface area contributed by atoms with Crippen molar-refractivity contribution in [3.8, 4) is 0 Å². The predicted molar refractivity (Wildman–Crippen MR) is 70.7 cm³/mol. The van der Waals surface area contributed by atoms with Crippen LogP contribution in [0.15, 0.2) is 35.2 Å². The van der Waals surface area contributed by atoms with Crippen LogP contribution >= 0.6 is 0 Å². The second-order valence-corrected chi connectivity index (χ2v) is 5.63. The Kier molecular flexibility index (Phi) is 5.59. The fourth-order valence-electron chi connectivity index (χ4n) is 2.31. The van der Waals surface area contributed by atoms with Gasteiger partial charge in [-0.25, -0.2) is 8.42 Å². The number of rotatable bonds is 3. The van der Waals surface area contributed by atoms with Gasteiger partial charge in [0.2, 0.25) is 0 Å². The van der Waals surface area contributed by atoms with E-state index in [2.05, 4.69) is 13.0 Å². The maximum atomic E-state index is 11.1. The Hall–Kier alpha value is -0.390. The van der Waals surface area contributed by atoms with Crippen molar-refractivity contribution >= 4 is 20.9 Å². The quantitative estimate of drug-likeness (QED) is 0.583. The summed E-state index contributed by atoms with van der Waals surface area (Å²) in [6.07, 6.45) is 1.72. The number of aryl methyl sites for hydroxylation is 2. The standard InChI is InChI=1S/C14H16O3S.Na/c1-3-10-5-6-11-7-8-12(18(15,16)17)9-14(11)13(10)4-2;/h5-9H,3-4H2,1-2H3,(H,15,16,17);/q;+1/p-1. The van der Waals surface area contributed by atoms with Crippen LogP contribution in [0.4, 0.5) is 0 Å². The van der Waals surface area contributed by atoms with Crippen LogP contribution in [-0.2, 0) is 23.0 Å². The predicted octanol–water partition coefficient (Wildman–Crippen LogP) is -0.127. The molecule has 2 aromatic carbocycles. The maximum absolute atomic E-state index is 11.1. The van der Waals surface area contributed by atoms with E-state index in [9.17, 15) is 13.0 Å². The molecule has 19 heavy (non-hydrogen) atoms. The van der Waals surface area contributed by atoms with E-state index in [1.807, 2.05) is 13.0 Å². The van der Waals surface area contributed by atoms with Gasteiger partial charge < -0.3 is 4.55 Å². The van der Waals surface area contributed by atoms with E-state index in [1.54, 1.807) is 6.07 Å². The van der Waals surface area contributed by atoms with Gasteiger partial charge in [-0.3, -0.25) is 0 Å². The Balaban J connectivity index is 0.00000180. The average molecular weight is 286 g/mol. The topological polar surface area (TPSA) is 57.2 Å². The summed E-state index contributed by atoms with van der Waals surface area (Å²) in [5.74, 6) is 0. The summed E-state index contributed by atoms with van der Waals surface area (Å²) >= 11 is 0. The summed E-state index contributed by atoms with van der Waals surface area (Å²) in [5, 5.41) is 1.84. The molecule has 0 spiro atoms. The van der Waals surface area contributed by atoms with Gasteiger partial charge in [0, 0.05) is 0 Å². The minimum atomic E-state index is -4.39. The molecule has 0 unspecified atom stereocenters. The van der Waals surface area contributed by atoms with E-state index in [1.165, 1.54) is 17.7 Å². The number of benzene rings is 2. The Morgan fingerprint density at radius 3 is 2.21 bits per heavy atom. The van der Waals surface area contributed by atoms with E-state index in [4.69, 9.17) is 0 Å². The first-order chi connectivity index (χ1) is 8.47. The van der Waals surface area contributed by atoms with E-state index in [0.717, 1.165) is 29.2 Å². The zero-order valence-electron chi connectivity index (χ0n) is 11.4. The molecule has 3 nitrogen and oxygen atoms in total. The normalized spacial score (nSPS) is 11.3. The van der Waals surface area contributed by atoms with E-state index in [0.29, 0.717) is 0 Å². The molecule has 0 aliphatic carbocycles. The molecule has 0 N–H and O–H groups in total. The van der Waals surface area contributed by atoms with Crippen LogP contribution in [0.1, 0.15) is 25.0 Å². The van der Waals surface area contributed by atoms with E-state index < -0.39 is 10.1 Å². The van der Waals surface area contributed by atoms with Crippen LogP contribution in [0, 0.1) is 0 Å². The first-order valence-corrected chi connectivity index (χ1v) is 7.38. The van der Waals surface area contributed by atoms with Gasteiger partial charge in [-0.2, -0.15) is 0 Å². The molecular weight excluding hydrogens is 271 g/mol. The van der Waals surface area contributed by atoms with Crippen molar-refractivity contribution in [2.45, 2.75) is 31.6 Å². The zero-order chi connectivity index (χ0) is 13.3. The van der Waals surface area contributed by atoms with Crippen LogP contribution in [0.2, 0.25) is 0 Å². The molecule has 0 radical (unpaired) electrons. The average Bonchev–Trinajstić information content (AvgIpc) is 2.35. The zero-order valence-corrected chi connectivity index (χ0v) is 14.3. The minimum absolute atomic E-state index is 0. The third-order valence-corrected chi connectivity index (χ3v) is 4.06. The van der Waals surface area contributed by atoms with Gasteiger partial charge in [0.15, 0.2) is 0 Å². The second-order valence-electron chi connectivity index (χ2n) is 4.25. The van der Waals surface area contributed by atoms with Gasteiger partial charge >= 0.3 is 29.6 Å². The van der Waals surface area contributed by atoms with Crippen LogP contribution in [0.3, 0.4) is 0 Å². The molecule has 2 aromatic rings. The van der Waals surface area contributed by atoms with Gasteiger partial charge in [0.1, 0.15) is 10.1 Å². The summed E-state index contributed by atoms with van der Waals surface area (Å²) in [5.41, 5.74) is 2.32. The van der Waals surface area contributed by atoms with Crippen molar-refractivity contribution in [3.63, 3.8) is 0 Å². The third-order valence-electron chi connectivity index (χ3n) is 3.22. The van der Waals surface area contributed by atoms with Gasteiger partial charge in [-0.05, 0) is 46.9 Å². The molecule has 0 saturated carbocycles. The Bertz CT molecular complexity index is 693. The summed E-state index contributed by atoms with van der Waals surface area (Å²) < 4.78 is 33.2. The van der Waals surface area contributed by atoms with Crippen molar-refractivity contribution in [1.29, 1.82) is 0 Å². The van der Waals surface area contributed by atoms with E-state index in [-0.39, 0.29) is 34.5 Å². The number of hydrogen-bond acceptors (Lipinski definition) is 3. The Labute approximate surface area is 136 Å². The van der Waals surface area contributed by atoms with E-state index >= 15 is 0 Å². The molecule has 0 aromatic heterocycles. The Morgan fingerprint density at radius 1 is 1.05 bits per heavy atom. The summed E-state index contributed by atoms with van der Waals surface area (Å²) in [7, 11) is -4.39. The third kappa shape index (κ3) is 3.38. The number of fused-ring (bicyclic) bond motifs is 1. The van der Waals surface area contributed by atoms with Gasteiger partial charge in [0.25, 0.3) is 0 Å². The van der Waals surface area contributed by atoms with Crippen LogP contribution in [0.25, 0.3) is 10.8 Å². The summed E-state index contributed by atoms with van der Waals surface area (Å²) in [6.45, 7) is 4.10. The SMILES string of the molecule is CCc1ccc2ccc(S(=O)(=O)[O-])cc2c1CC.[Na+]. The molecule has 96 valence electrons. The molecule has 0 amide bonds. The molecule has 5 heteroatoms. The fraction of sp³-hybridized carbons (Fsp3) is 0.286. The van der Waals surface area contributed by atoms with Crippen LogP contribution in [0.5, 0.6) is 0 Å². The molecule has 0 atom stereocenters. The van der Waals surface area contributed by atoms with Gasteiger partial charge in [0.05, 0.1) is 4.90 Å². The summed E-state index contributed by atoms with van der Waals surface area (Å²) in [6, 6.07) is 8.59. The second kappa shape index (κ2) is 6.37. The molecule has 2 rings (SSSR count). The number of hydrogen-bond donors (Lipinski definition) is 0. The first kappa shape index (κ1) is 16.7. The summed E-state index contributed by atoms with van der Waals surface area (Å²) in [4.78, 5) is -0.155. The largest absolute Gasteiger partial charge is 1.00 e. The maximum Gasteiger partial charge on any atom is 1.00 e. The molecule has 0 aliphatic heterocycles. The van der Waals surface area contributed by atoms with Gasteiger partial charge in [-0.1, -0.05) is 32.0 Å². The first-order valence-electron chi connectivity index (χ1n) is 5.97. The van der Waals surface area contributed by atoms with Gasteiger partial charge in [-0.15, -0.1) is 0 Å². The van der Waals surface area contributed by atoms with Crippen molar-refractivity contribution < 1.29 is 42.5 Å². The molecular formula is C14H15NaO3S.